The summed E-state index contributed by atoms with van der Waals surface area (Å²) in [6.07, 6.45) is 1.22. The Balaban J connectivity index is 2.79. The molecule has 0 radical (unpaired) electrons. The zero-order valence-corrected chi connectivity index (χ0v) is 13.6. The first kappa shape index (κ1) is 17.1. The van der Waals surface area contributed by atoms with Gasteiger partial charge in [-0.05, 0) is 18.6 Å². The van der Waals surface area contributed by atoms with Crippen LogP contribution in [-0.4, -0.2) is 40.7 Å². The fraction of sp³-hybridized carbons (Fsp3) is 0.538. The van der Waals surface area contributed by atoms with E-state index in [0.29, 0.717) is 23.1 Å². The highest BCUT2D eigenvalue weighted by Gasteiger charge is 2.15. The van der Waals surface area contributed by atoms with Crippen molar-refractivity contribution in [2.24, 2.45) is 0 Å². The minimum atomic E-state index is -3.00. The number of hydrogen-bond donors (Lipinski definition) is 1. The minimum absolute atomic E-state index is 0.0813. The standard InChI is InChI=1S/C13H20ClNO4S/c1-9(8-20(4,16)17)15-7-10-5-6-11(18-2)13(19-3)12(10)14/h5-6,9,15H,7-8H2,1-4H3. The SMILES string of the molecule is COc1ccc(CNC(C)CS(C)(=O)=O)c(Cl)c1OC. The highest BCUT2D eigenvalue weighted by atomic mass is 35.5. The molecule has 1 atom stereocenters. The molecule has 1 unspecified atom stereocenters. The Kier molecular flexibility index (Phi) is 6.10. The third kappa shape index (κ3) is 4.85. The first-order valence-corrected chi connectivity index (χ1v) is 8.52. The number of hydrogen-bond acceptors (Lipinski definition) is 5. The zero-order valence-electron chi connectivity index (χ0n) is 12.1. The van der Waals surface area contributed by atoms with Gasteiger partial charge in [0, 0.05) is 18.8 Å². The van der Waals surface area contributed by atoms with E-state index in [1.165, 1.54) is 13.4 Å². The summed E-state index contributed by atoms with van der Waals surface area (Å²) >= 11 is 6.25. The van der Waals surface area contributed by atoms with E-state index in [1.807, 2.05) is 13.0 Å². The van der Waals surface area contributed by atoms with Crippen molar-refractivity contribution in [1.29, 1.82) is 0 Å². The normalized spacial score (nSPS) is 13.1. The molecule has 0 aliphatic carbocycles. The second-order valence-corrected chi connectivity index (χ2v) is 7.21. The molecule has 114 valence electrons. The van der Waals surface area contributed by atoms with Crippen LogP contribution in [0.2, 0.25) is 5.02 Å². The molecule has 0 amide bonds. The lowest BCUT2D eigenvalue weighted by Crippen LogP contribution is -2.32. The highest BCUT2D eigenvalue weighted by Crippen LogP contribution is 2.37. The summed E-state index contributed by atoms with van der Waals surface area (Å²) in [7, 11) is 0.0615. The van der Waals surface area contributed by atoms with Gasteiger partial charge in [0.25, 0.3) is 0 Å². The van der Waals surface area contributed by atoms with Crippen LogP contribution in [0.4, 0.5) is 0 Å². The fourth-order valence-electron chi connectivity index (χ4n) is 1.86. The highest BCUT2D eigenvalue weighted by molar-refractivity contribution is 7.90. The van der Waals surface area contributed by atoms with E-state index in [1.54, 1.807) is 13.2 Å². The molecule has 1 aromatic carbocycles. The topological polar surface area (TPSA) is 64.6 Å². The summed E-state index contributed by atoms with van der Waals surface area (Å²) in [5, 5.41) is 3.59. The molecular formula is C13H20ClNO4S. The van der Waals surface area contributed by atoms with Crippen LogP contribution in [0.3, 0.4) is 0 Å². The van der Waals surface area contributed by atoms with Crippen molar-refractivity contribution in [3.05, 3.63) is 22.7 Å². The van der Waals surface area contributed by atoms with Crippen LogP contribution in [0, 0.1) is 0 Å². The van der Waals surface area contributed by atoms with E-state index in [9.17, 15) is 8.42 Å². The Morgan fingerprint density at radius 3 is 2.45 bits per heavy atom. The van der Waals surface area contributed by atoms with Crippen molar-refractivity contribution in [3.63, 3.8) is 0 Å². The molecule has 20 heavy (non-hydrogen) atoms. The van der Waals surface area contributed by atoms with Crippen molar-refractivity contribution in [2.75, 3.05) is 26.2 Å². The summed E-state index contributed by atoms with van der Waals surface area (Å²) < 4.78 is 32.8. The number of nitrogens with one attached hydrogen (secondary N) is 1. The quantitative estimate of drug-likeness (QED) is 0.830. The summed E-state index contributed by atoms with van der Waals surface area (Å²) in [5.41, 5.74) is 0.824. The first-order valence-electron chi connectivity index (χ1n) is 6.09. The molecule has 1 rings (SSSR count). The summed E-state index contributed by atoms with van der Waals surface area (Å²) in [6, 6.07) is 3.43. The first-order chi connectivity index (χ1) is 9.28. The third-order valence-electron chi connectivity index (χ3n) is 2.76. The predicted octanol–water partition coefficient (Wildman–Crippen LogP) is 1.88. The van der Waals surface area contributed by atoms with Crippen molar-refractivity contribution in [2.45, 2.75) is 19.5 Å². The molecule has 0 fully saturated rings. The van der Waals surface area contributed by atoms with Crippen molar-refractivity contribution < 1.29 is 17.9 Å². The molecule has 0 aliphatic heterocycles. The Morgan fingerprint density at radius 1 is 1.30 bits per heavy atom. The largest absolute Gasteiger partial charge is 0.493 e. The maximum Gasteiger partial charge on any atom is 0.179 e. The average Bonchev–Trinajstić information content (AvgIpc) is 2.34. The third-order valence-corrected chi connectivity index (χ3v) is 4.28. The van der Waals surface area contributed by atoms with E-state index in [4.69, 9.17) is 21.1 Å². The molecule has 0 aliphatic rings. The summed E-state index contributed by atoms with van der Waals surface area (Å²) in [4.78, 5) is 0. The van der Waals surface area contributed by atoms with Crippen molar-refractivity contribution in [3.8, 4) is 11.5 Å². The molecule has 0 spiro atoms. The molecule has 0 bridgehead atoms. The van der Waals surface area contributed by atoms with E-state index in [0.717, 1.165) is 5.56 Å². The monoisotopic (exact) mass is 321 g/mol. The molecule has 1 N–H and O–H groups in total. The number of rotatable bonds is 7. The van der Waals surface area contributed by atoms with Crippen LogP contribution in [0.25, 0.3) is 0 Å². The number of benzene rings is 1. The number of ether oxygens (including phenoxy) is 2. The van der Waals surface area contributed by atoms with Crippen LogP contribution >= 0.6 is 11.6 Å². The molecule has 7 heteroatoms. The lowest BCUT2D eigenvalue weighted by Gasteiger charge is -2.16. The van der Waals surface area contributed by atoms with Gasteiger partial charge in [-0.25, -0.2) is 8.42 Å². The lowest BCUT2D eigenvalue weighted by atomic mass is 10.2. The van der Waals surface area contributed by atoms with E-state index < -0.39 is 9.84 Å². The smallest absolute Gasteiger partial charge is 0.179 e. The molecule has 0 heterocycles. The molecular weight excluding hydrogens is 302 g/mol. The van der Waals surface area contributed by atoms with Crippen LogP contribution in [-0.2, 0) is 16.4 Å². The summed E-state index contributed by atoms with van der Waals surface area (Å²) in [6.45, 7) is 2.27. The zero-order chi connectivity index (χ0) is 15.3. The molecule has 0 aromatic heterocycles. The Labute approximate surface area is 125 Å². The summed E-state index contributed by atoms with van der Waals surface area (Å²) in [5.74, 6) is 1.12. The van der Waals surface area contributed by atoms with E-state index >= 15 is 0 Å². The van der Waals surface area contributed by atoms with Gasteiger partial charge < -0.3 is 14.8 Å². The minimum Gasteiger partial charge on any atom is -0.493 e. The van der Waals surface area contributed by atoms with Crippen LogP contribution < -0.4 is 14.8 Å². The Bertz CT molecular complexity index is 560. The van der Waals surface area contributed by atoms with Gasteiger partial charge in [0.05, 0.1) is 25.0 Å². The predicted molar refractivity (Wildman–Crippen MR) is 80.6 cm³/mol. The van der Waals surface area contributed by atoms with Crippen LogP contribution in [0.15, 0.2) is 12.1 Å². The molecule has 5 nitrogen and oxygen atoms in total. The van der Waals surface area contributed by atoms with Gasteiger partial charge in [-0.1, -0.05) is 17.7 Å². The van der Waals surface area contributed by atoms with Gasteiger partial charge in [0.1, 0.15) is 9.84 Å². The van der Waals surface area contributed by atoms with Gasteiger partial charge in [-0.2, -0.15) is 0 Å². The average molecular weight is 322 g/mol. The van der Waals surface area contributed by atoms with Crippen molar-refractivity contribution in [1.82, 2.24) is 5.32 Å². The van der Waals surface area contributed by atoms with E-state index in [-0.39, 0.29) is 11.8 Å². The second kappa shape index (κ2) is 7.15. The Morgan fingerprint density at radius 2 is 1.95 bits per heavy atom. The van der Waals surface area contributed by atoms with Gasteiger partial charge >= 0.3 is 0 Å². The second-order valence-electron chi connectivity index (χ2n) is 4.65. The lowest BCUT2D eigenvalue weighted by molar-refractivity contribution is 0.354. The van der Waals surface area contributed by atoms with Crippen LogP contribution in [0.5, 0.6) is 11.5 Å². The van der Waals surface area contributed by atoms with Crippen LogP contribution in [0.1, 0.15) is 12.5 Å². The number of halogens is 1. The molecule has 1 aromatic rings. The molecule has 0 saturated carbocycles. The Hall–Kier alpha value is -0.980. The van der Waals surface area contributed by atoms with Gasteiger partial charge in [-0.3, -0.25) is 0 Å². The fourth-order valence-corrected chi connectivity index (χ4v) is 3.19. The van der Waals surface area contributed by atoms with Crippen molar-refractivity contribution >= 4 is 21.4 Å². The van der Waals surface area contributed by atoms with Gasteiger partial charge in [-0.15, -0.1) is 0 Å². The van der Waals surface area contributed by atoms with Gasteiger partial charge in [0.15, 0.2) is 11.5 Å². The maximum atomic E-state index is 11.2. The number of sulfone groups is 1. The number of methoxy groups -OCH3 is 2. The van der Waals surface area contributed by atoms with Gasteiger partial charge in [0.2, 0.25) is 0 Å². The molecule has 0 saturated heterocycles. The maximum absolute atomic E-state index is 11.2. The van der Waals surface area contributed by atoms with E-state index in [2.05, 4.69) is 5.32 Å².